The fraction of sp³-hybridized carbons (Fsp3) is 0.250. The maximum atomic E-state index is 12.5. The van der Waals surface area contributed by atoms with Crippen molar-refractivity contribution in [1.29, 1.82) is 0 Å². The van der Waals surface area contributed by atoms with Gasteiger partial charge in [-0.1, -0.05) is 54.1 Å². The van der Waals surface area contributed by atoms with Gasteiger partial charge in [-0.05, 0) is 60.5 Å². The highest BCUT2D eigenvalue weighted by molar-refractivity contribution is 6.30. The SMILES string of the molecule is O=C(N/N=C\c1c(O)ccc2ccccc12)C1CCN(Cc2ccc(Cl)cc2)CC1. The number of hydrogen-bond acceptors (Lipinski definition) is 4. The molecular weight excluding hydrogens is 398 g/mol. The van der Waals surface area contributed by atoms with Gasteiger partial charge in [0, 0.05) is 23.0 Å². The summed E-state index contributed by atoms with van der Waals surface area (Å²) < 4.78 is 0. The van der Waals surface area contributed by atoms with Crippen LogP contribution in [-0.2, 0) is 11.3 Å². The van der Waals surface area contributed by atoms with Gasteiger partial charge in [0.05, 0.1) is 6.21 Å². The molecule has 0 unspecified atom stereocenters. The molecule has 1 heterocycles. The van der Waals surface area contributed by atoms with Crippen LogP contribution in [0.4, 0.5) is 0 Å². The van der Waals surface area contributed by atoms with Crippen molar-refractivity contribution >= 4 is 34.5 Å². The Labute approximate surface area is 181 Å². The molecule has 1 fully saturated rings. The van der Waals surface area contributed by atoms with Gasteiger partial charge < -0.3 is 5.11 Å². The standard InChI is InChI=1S/C24H24ClN3O2/c25-20-8-5-17(6-9-20)16-28-13-11-19(12-14-28)24(30)27-26-15-22-21-4-2-1-3-18(21)7-10-23(22)29/h1-10,15,19,29H,11-14,16H2,(H,27,30)/b26-15-. The minimum Gasteiger partial charge on any atom is -0.507 e. The summed E-state index contributed by atoms with van der Waals surface area (Å²) in [5, 5.41) is 16.9. The van der Waals surface area contributed by atoms with Crippen molar-refractivity contribution in [2.24, 2.45) is 11.0 Å². The number of likely N-dealkylation sites (tertiary alicyclic amines) is 1. The molecule has 3 aromatic carbocycles. The molecule has 5 nitrogen and oxygen atoms in total. The molecule has 0 bridgehead atoms. The summed E-state index contributed by atoms with van der Waals surface area (Å²) in [5.41, 5.74) is 4.48. The number of phenols is 1. The number of rotatable bonds is 5. The maximum Gasteiger partial charge on any atom is 0.243 e. The van der Waals surface area contributed by atoms with Crippen LogP contribution < -0.4 is 5.43 Å². The Kier molecular flexibility index (Phi) is 6.31. The Bertz CT molecular complexity index is 1060. The van der Waals surface area contributed by atoms with Crippen LogP contribution >= 0.6 is 11.6 Å². The summed E-state index contributed by atoms with van der Waals surface area (Å²) in [5.74, 6) is 0.0176. The van der Waals surface area contributed by atoms with E-state index in [9.17, 15) is 9.90 Å². The summed E-state index contributed by atoms with van der Waals surface area (Å²) in [7, 11) is 0. The van der Waals surface area contributed by atoms with Crippen LogP contribution in [-0.4, -0.2) is 35.2 Å². The van der Waals surface area contributed by atoms with Gasteiger partial charge in [-0.2, -0.15) is 5.10 Å². The van der Waals surface area contributed by atoms with E-state index in [1.54, 1.807) is 6.07 Å². The average Bonchev–Trinajstić information content (AvgIpc) is 2.77. The quantitative estimate of drug-likeness (QED) is 0.468. The van der Waals surface area contributed by atoms with E-state index >= 15 is 0 Å². The van der Waals surface area contributed by atoms with Crippen LogP contribution in [0.25, 0.3) is 10.8 Å². The molecule has 4 rings (SSSR count). The van der Waals surface area contributed by atoms with Crippen molar-refractivity contribution < 1.29 is 9.90 Å². The van der Waals surface area contributed by atoms with E-state index in [0.29, 0.717) is 5.56 Å². The Balaban J connectivity index is 1.31. The number of carbonyl (C=O) groups excluding carboxylic acids is 1. The smallest absolute Gasteiger partial charge is 0.243 e. The molecule has 1 aliphatic heterocycles. The molecule has 2 N–H and O–H groups in total. The van der Waals surface area contributed by atoms with Crippen molar-refractivity contribution in [3.8, 4) is 5.75 Å². The number of carbonyl (C=O) groups is 1. The van der Waals surface area contributed by atoms with Crippen molar-refractivity contribution in [2.75, 3.05) is 13.1 Å². The number of hydrogen-bond donors (Lipinski definition) is 2. The molecule has 0 atom stereocenters. The number of piperidine rings is 1. The zero-order valence-electron chi connectivity index (χ0n) is 16.6. The van der Waals surface area contributed by atoms with Gasteiger partial charge >= 0.3 is 0 Å². The lowest BCUT2D eigenvalue weighted by Gasteiger charge is -2.30. The fourth-order valence-corrected chi connectivity index (χ4v) is 4.00. The Morgan fingerprint density at radius 3 is 2.60 bits per heavy atom. The third-order valence-electron chi connectivity index (χ3n) is 5.59. The monoisotopic (exact) mass is 421 g/mol. The normalized spacial score (nSPS) is 15.6. The van der Waals surface area contributed by atoms with Crippen molar-refractivity contribution in [3.05, 3.63) is 76.8 Å². The number of amides is 1. The van der Waals surface area contributed by atoms with Crippen LogP contribution in [0.5, 0.6) is 5.75 Å². The van der Waals surface area contributed by atoms with Crippen LogP contribution in [0.2, 0.25) is 5.02 Å². The summed E-state index contributed by atoms with van der Waals surface area (Å²) in [4.78, 5) is 14.9. The van der Waals surface area contributed by atoms with E-state index in [2.05, 4.69) is 15.4 Å². The summed E-state index contributed by atoms with van der Waals surface area (Å²) in [6.45, 7) is 2.60. The first-order valence-corrected chi connectivity index (χ1v) is 10.5. The molecule has 3 aromatic rings. The molecule has 6 heteroatoms. The van der Waals surface area contributed by atoms with Gasteiger partial charge in [0.15, 0.2) is 0 Å². The number of fused-ring (bicyclic) bond motifs is 1. The molecule has 30 heavy (non-hydrogen) atoms. The zero-order valence-corrected chi connectivity index (χ0v) is 17.3. The third-order valence-corrected chi connectivity index (χ3v) is 5.85. The van der Waals surface area contributed by atoms with Crippen molar-refractivity contribution in [2.45, 2.75) is 19.4 Å². The molecule has 0 aromatic heterocycles. The number of nitrogens with one attached hydrogen (secondary N) is 1. The summed E-state index contributed by atoms with van der Waals surface area (Å²) >= 11 is 5.94. The van der Waals surface area contributed by atoms with Gasteiger partial charge in [-0.3, -0.25) is 9.69 Å². The number of nitrogens with zero attached hydrogens (tertiary/aromatic N) is 2. The van der Waals surface area contributed by atoms with E-state index in [4.69, 9.17) is 11.6 Å². The molecule has 0 radical (unpaired) electrons. The van der Waals surface area contributed by atoms with Crippen molar-refractivity contribution in [1.82, 2.24) is 10.3 Å². The predicted octanol–water partition coefficient (Wildman–Crippen LogP) is 4.56. The molecule has 0 spiro atoms. The lowest BCUT2D eigenvalue weighted by Crippen LogP contribution is -2.39. The zero-order chi connectivity index (χ0) is 20.9. The maximum absolute atomic E-state index is 12.5. The Morgan fingerprint density at radius 2 is 1.83 bits per heavy atom. The number of phenolic OH excluding ortho intramolecular Hbond substituents is 1. The lowest BCUT2D eigenvalue weighted by atomic mass is 9.96. The molecule has 1 saturated heterocycles. The second kappa shape index (κ2) is 9.28. The first-order valence-electron chi connectivity index (χ1n) is 10.1. The van der Waals surface area contributed by atoms with Gasteiger partial charge in [-0.25, -0.2) is 5.43 Å². The number of halogens is 1. The summed E-state index contributed by atoms with van der Waals surface area (Å²) in [6.07, 6.45) is 3.12. The molecule has 154 valence electrons. The second-order valence-electron chi connectivity index (χ2n) is 7.63. The van der Waals surface area contributed by atoms with Gasteiger partial charge in [0.2, 0.25) is 5.91 Å². The van der Waals surface area contributed by atoms with E-state index in [-0.39, 0.29) is 17.6 Å². The van der Waals surface area contributed by atoms with Crippen LogP contribution in [0.3, 0.4) is 0 Å². The number of hydrazone groups is 1. The van der Waals surface area contributed by atoms with Crippen molar-refractivity contribution in [3.63, 3.8) is 0 Å². The van der Waals surface area contributed by atoms with Gasteiger partial charge in [-0.15, -0.1) is 0 Å². The molecule has 0 saturated carbocycles. The first-order chi connectivity index (χ1) is 14.6. The van der Waals surface area contributed by atoms with Crippen LogP contribution in [0.1, 0.15) is 24.0 Å². The lowest BCUT2D eigenvalue weighted by molar-refractivity contribution is -0.126. The molecule has 1 aliphatic rings. The first kappa shape index (κ1) is 20.4. The molecular formula is C24H24ClN3O2. The fourth-order valence-electron chi connectivity index (χ4n) is 3.87. The summed E-state index contributed by atoms with van der Waals surface area (Å²) in [6, 6.07) is 19.1. The van der Waals surface area contributed by atoms with Crippen LogP contribution in [0, 0.1) is 5.92 Å². The number of benzene rings is 3. The Morgan fingerprint density at radius 1 is 1.10 bits per heavy atom. The largest absolute Gasteiger partial charge is 0.507 e. The highest BCUT2D eigenvalue weighted by Crippen LogP contribution is 2.25. The minimum atomic E-state index is -0.0721. The van der Waals surface area contributed by atoms with Gasteiger partial charge in [0.1, 0.15) is 5.75 Å². The third kappa shape index (κ3) is 4.81. The Hall–Kier alpha value is -2.89. The van der Waals surface area contributed by atoms with Crippen LogP contribution in [0.15, 0.2) is 65.8 Å². The molecule has 0 aliphatic carbocycles. The predicted molar refractivity (Wildman–Crippen MR) is 121 cm³/mol. The van der Waals surface area contributed by atoms with E-state index in [1.807, 2.05) is 54.6 Å². The highest BCUT2D eigenvalue weighted by atomic mass is 35.5. The highest BCUT2D eigenvalue weighted by Gasteiger charge is 2.24. The van der Waals surface area contributed by atoms with E-state index < -0.39 is 0 Å². The van der Waals surface area contributed by atoms with E-state index in [1.165, 1.54) is 11.8 Å². The average molecular weight is 422 g/mol. The second-order valence-corrected chi connectivity index (χ2v) is 8.07. The molecule has 1 amide bonds. The van der Waals surface area contributed by atoms with E-state index in [0.717, 1.165) is 48.3 Å². The number of aromatic hydroxyl groups is 1. The topological polar surface area (TPSA) is 64.9 Å². The minimum absolute atomic E-state index is 0.0512. The van der Waals surface area contributed by atoms with Gasteiger partial charge in [0.25, 0.3) is 0 Å².